The molecule has 0 radical (unpaired) electrons. The molecule has 2 aromatic rings. The quantitative estimate of drug-likeness (QED) is 0.600. The highest BCUT2D eigenvalue weighted by atomic mass is 32.2. The average molecular weight is 450 g/mol. The van der Waals surface area contributed by atoms with Gasteiger partial charge in [0, 0.05) is 4.90 Å². The second-order valence-electron chi connectivity index (χ2n) is 6.62. The zero-order valence-corrected chi connectivity index (χ0v) is 17.3. The number of anilines is 1. The maximum atomic E-state index is 12.5. The van der Waals surface area contributed by atoms with E-state index in [2.05, 4.69) is 15.4 Å². The summed E-state index contributed by atoms with van der Waals surface area (Å²) >= 11 is 1.34. The van der Waals surface area contributed by atoms with Crippen molar-refractivity contribution >= 4 is 39.3 Å². The fourth-order valence-corrected chi connectivity index (χ4v) is 4.72. The number of thioether (sulfide) groups is 1. The molecule has 2 amide bonds. The normalized spacial score (nSPS) is 17.6. The fourth-order valence-electron chi connectivity index (χ4n) is 2.93. The molecule has 0 unspecified atom stereocenters. The second-order valence-corrected chi connectivity index (χ2v) is 9.41. The van der Waals surface area contributed by atoms with Crippen LogP contribution in [0.1, 0.15) is 0 Å². The summed E-state index contributed by atoms with van der Waals surface area (Å²) in [6.07, 6.45) is -0.373. The van der Waals surface area contributed by atoms with Crippen molar-refractivity contribution in [3.63, 3.8) is 0 Å². The number of fused-ring (bicyclic) bond motifs is 2. The van der Waals surface area contributed by atoms with E-state index >= 15 is 0 Å². The van der Waals surface area contributed by atoms with Gasteiger partial charge in [0.05, 0.1) is 29.4 Å². The lowest BCUT2D eigenvalue weighted by Gasteiger charge is -2.26. The summed E-state index contributed by atoms with van der Waals surface area (Å²) in [5, 5.41) is 5.28. The number of hydrogen-bond donors (Lipinski definition) is 3. The van der Waals surface area contributed by atoms with Gasteiger partial charge in [-0.2, -0.15) is 0 Å². The molecule has 0 aliphatic carbocycles. The Bertz CT molecular complexity index is 1090. The van der Waals surface area contributed by atoms with Crippen LogP contribution in [0.15, 0.2) is 52.3 Å². The summed E-state index contributed by atoms with van der Waals surface area (Å²) < 4.78 is 38.6. The van der Waals surface area contributed by atoms with Crippen molar-refractivity contribution in [3.05, 3.63) is 42.5 Å². The maximum absolute atomic E-state index is 12.5. The lowest BCUT2D eigenvalue weighted by molar-refractivity contribution is -0.120. The van der Waals surface area contributed by atoms with E-state index in [1.54, 1.807) is 18.2 Å². The van der Waals surface area contributed by atoms with Gasteiger partial charge in [-0.1, -0.05) is 12.1 Å². The van der Waals surface area contributed by atoms with Crippen molar-refractivity contribution in [1.29, 1.82) is 0 Å². The van der Waals surface area contributed by atoms with Gasteiger partial charge in [-0.15, -0.1) is 11.8 Å². The van der Waals surface area contributed by atoms with Crippen LogP contribution in [0, 0.1) is 0 Å². The first kappa shape index (κ1) is 20.5. The molecule has 11 heteroatoms. The molecule has 2 aliphatic rings. The predicted octanol–water partition coefficient (Wildman–Crippen LogP) is 0.965. The summed E-state index contributed by atoms with van der Waals surface area (Å²) in [6.45, 7) is 0.0313. The van der Waals surface area contributed by atoms with Crippen LogP contribution in [0.5, 0.6) is 11.5 Å². The second kappa shape index (κ2) is 8.54. The van der Waals surface area contributed by atoms with Crippen LogP contribution >= 0.6 is 11.8 Å². The van der Waals surface area contributed by atoms with Crippen molar-refractivity contribution in [2.75, 3.05) is 30.8 Å². The largest absolute Gasteiger partial charge is 0.486 e. The van der Waals surface area contributed by atoms with Gasteiger partial charge in [-0.3, -0.25) is 9.59 Å². The smallest absolute Gasteiger partial charge is 0.241 e. The Labute approximate surface area is 177 Å². The number of ether oxygens (including phenoxy) is 2. The standard InChI is InChI=1S/C19H19N3O6S2/c23-18(20-8-12-10-27-15-3-1-2-4-16(15)28-12)9-21-30(25,26)13-5-6-17-14(7-13)22-19(24)11-29-17/h1-7,12,21H,8-11H2,(H,20,23)(H,22,24)/t12-/m0/s1. The Hall–Kier alpha value is -2.76. The molecule has 0 fully saturated rings. The molecule has 0 saturated carbocycles. The molecule has 158 valence electrons. The van der Waals surface area contributed by atoms with Crippen molar-refractivity contribution < 1.29 is 27.5 Å². The van der Waals surface area contributed by atoms with Crippen molar-refractivity contribution in [3.8, 4) is 11.5 Å². The molecule has 3 N–H and O–H groups in total. The lowest BCUT2D eigenvalue weighted by Crippen LogP contribution is -2.44. The molecule has 0 bridgehead atoms. The first-order chi connectivity index (χ1) is 14.4. The minimum absolute atomic E-state index is 0.0301. The Morgan fingerprint density at radius 3 is 2.83 bits per heavy atom. The van der Waals surface area contributed by atoms with Crippen LogP contribution in [0.25, 0.3) is 0 Å². The number of amides is 2. The molecule has 1 atom stereocenters. The number of carbonyl (C=O) groups excluding carboxylic acids is 2. The SMILES string of the molecule is O=C(CNS(=O)(=O)c1ccc2c(c1)NC(=O)CS2)NC[C@H]1COc2ccccc2O1. The third kappa shape index (κ3) is 4.69. The van der Waals surface area contributed by atoms with E-state index in [1.165, 1.54) is 23.9 Å². The predicted molar refractivity (Wildman–Crippen MR) is 110 cm³/mol. The van der Waals surface area contributed by atoms with E-state index < -0.39 is 22.5 Å². The minimum atomic E-state index is -3.92. The number of para-hydroxylation sites is 2. The van der Waals surface area contributed by atoms with E-state index in [0.717, 1.165) is 4.90 Å². The number of rotatable bonds is 6. The fraction of sp³-hybridized carbons (Fsp3) is 0.263. The van der Waals surface area contributed by atoms with Crippen LogP contribution in [-0.2, 0) is 19.6 Å². The van der Waals surface area contributed by atoms with Crippen LogP contribution in [0.3, 0.4) is 0 Å². The molecule has 0 saturated heterocycles. The number of hydrogen-bond acceptors (Lipinski definition) is 7. The lowest BCUT2D eigenvalue weighted by atomic mass is 10.2. The summed E-state index contributed by atoms with van der Waals surface area (Å²) in [4.78, 5) is 24.4. The molecular formula is C19H19N3O6S2. The van der Waals surface area contributed by atoms with E-state index in [9.17, 15) is 18.0 Å². The number of nitrogens with one attached hydrogen (secondary N) is 3. The molecule has 0 spiro atoms. The molecule has 4 rings (SSSR count). The van der Waals surface area contributed by atoms with E-state index in [4.69, 9.17) is 9.47 Å². The van der Waals surface area contributed by atoms with Crippen molar-refractivity contribution in [2.45, 2.75) is 15.9 Å². The maximum Gasteiger partial charge on any atom is 0.241 e. The highest BCUT2D eigenvalue weighted by Gasteiger charge is 2.23. The Balaban J connectivity index is 1.29. The molecule has 2 aromatic carbocycles. The van der Waals surface area contributed by atoms with Crippen LogP contribution < -0.4 is 24.8 Å². The van der Waals surface area contributed by atoms with Gasteiger partial charge in [-0.05, 0) is 30.3 Å². The van der Waals surface area contributed by atoms with Gasteiger partial charge in [0.15, 0.2) is 11.5 Å². The topological polar surface area (TPSA) is 123 Å². The van der Waals surface area contributed by atoms with Gasteiger partial charge < -0.3 is 20.1 Å². The summed E-state index contributed by atoms with van der Waals surface area (Å²) in [5.41, 5.74) is 0.443. The Morgan fingerprint density at radius 2 is 2.00 bits per heavy atom. The van der Waals surface area contributed by atoms with Crippen LogP contribution in [0.2, 0.25) is 0 Å². The Morgan fingerprint density at radius 1 is 1.20 bits per heavy atom. The zero-order valence-electron chi connectivity index (χ0n) is 15.7. The number of carbonyl (C=O) groups is 2. The highest BCUT2D eigenvalue weighted by molar-refractivity contribution is 8.00. The van der Waals surface area contributed by atoms with Gasteiger partial charge in [0.2, 0.25) is 21.8 Å². The van der Waals surface area contributed by atoms with Gasteiger partial charge in [0.1, 0.15) is 12.7 Å². The number of benzene rings is 2. The summed E-state index contributed by atoms with van der Waals surface area (Å²) in [7, 11) is -3.92. The van der Waals surface area contributed by atoms with E-state index in [-0.39, 0.29) is 30.1 Å². The monoisotopic (exact) mass is 449 g/mol. The summed E-state index contributed by atoms with van der Waals surface area (Å²) in [6, 6.07) is 11.7. The van der Waals surface area contributed by atoms with E-state index in [0.29, 0.717) is 22.9 Å². The molecule has 2 aliphatic heterocycles. The van der Waals surface area contributed by atoms with E-state index in [1.807, 2.05) is 12.1 Å². The van der Waals surface area contributed by atoms with Crippen molar-refractivity contribution in [1.82, 2.24) is 10.0 Å². The molecule has 9 nitrogen and oxygen atoms in total. The zero-order chi connectivity index (χ0) is 21.1. The third-order valence-corrected chi connectivity index (χ3v) is 6.88. The Kier molecular flexibility index (Phi) is 5.84. The molecule has 30 heavy (non-hydrogen) atoms. The van der Waals surface area contributed by atoms with Gasteiger partial charge in [0.25, 0.3) is 0 Å². The average Bonchev–Trinajstić information content (AvgIpc) is 2.75. The third-order valence-electron chi connectivity index (χ3n) is 4.41. The van der Waals surface area contributed by atoms with Crippen molar-refractivity contribution in [2.24, 2.45) is 0 Å². The highest BCUT2D eigenvalue weighted by Crippen LogP contribution is 2.33. The molecule has 0 aromatic heterocycles. The van der Waals surface area contributed by atoms with Crippen LogP contribution in [-0.4, -0.2) is 51.8 Å². The molecule has 2 heterocycles. The number of sulfonamides is 1. The summed E-state index contributed by atoms with van der Waals surface area (Å²) in [5.74, 6) is 0.849. The first-order valence-electron chi connectivity index (χ1n) is 9.12. The van der Waals surface area contributed by atoms with Gasteiger partial charge in [-0.25, -0.2) is 13.1 Å². The minimum Gasteiger partial charge on any atom is -0.486 e. The molecular weight excluding hydrogens is 430 g/mol. The first-order valence-corrected chi connectivity index (χ1v) is 11.6. The van der Waals surface area contributed by atoms with Gasteiger partial charge >= 0.3 is 0 Å². The van der Waals surface area contributed by atoms with Crippen LogP contribution in [0.4, 0.5) is 5.69 Å².